The van der Waals surface area contributed by atoms with Crippen molar-refractivity contribution in [2.75, 3.05) is 33.3 Å². The Morgan fingerprint density at radius 1 is 1.24 bits per heavy atom. The smallest absolute Gasteiger partial charge is 0.258 e. The van der Waals surface area contributed by atoms with Crippen molar-refractivity contribution in [3.05, 3.63) is 28.8 Å². The van der Waals surface area contributed by atoms with Gasteiger partial charge in [0, 0.05) is 36.8 Å². The van der Waals surface area contributed by atoms with Crippen LogP contribution in [0.5, 0.6) is 5.75 Å². The van der Waals surface area contributed by atoms with Gasteiger partial charge in [0.05, 0.1) is 7.11 Å². The molecule has 0 aromatic heterocycles. The van der Waals surface area contributed by atoms with Crippen molar-refractivity contribution in [1.82, 2.24) is 10.2 Å². The van der Waals surface area contributed by atoms with E-state index in [1.165, 1.54) is 7.11 Å². The van der Waals surface area contributed by atoms with E-state index in [2.05, 4.69) is 5.32 Å². The van der Waals surface area contributed by atoms with Crippen molar-refractivity contribution in [2.24, 2.45) is 0 Å². The van der Waals surface area contributed by atoms with Gasteiger partial charge in [-0.2, -0.15) is 0 Å². The zero-order chi connectivity index (χ0) is 13.8. The van der Waals surface area contributed by atoms with E-state index in [0.717, 1.165) is 0 Å². The predicted octanol–water partition coefficient (Wildman–Crippen LogP) is 3.40. The van der Waals surface area contributed by atoms with Crippen LogP contribution in [0.2, 0.25) is 5.02 Å². The molecule has 0 spiro atoms. The molecular formula is C13H19Cl3F2N2O. The maximum absolute atomic E-state index is 13.5. The molecule has 8 heteroatoms. The first-order valence-electron chi connectivity index (χ1n) is 6.20. The molecule has 21 heavy (non-hydrogen) atoms. The fourth-order valence-electron chi connectivity index (χ4n) is 2.39. The third kappa shape index (κ3) is 5.11. The number of ether oxygens (including phenoxy) is 1. The van der Waals surface area contributed by atoms with Gasteiger partial charge < -0.3 is 10.1 Å². The number of alkyl halides is 2. The molecule has 1 aliphatic rings. The van der Waals surface area contributed by atoms with Crippen molar-refractivity contribution < 1.29 is 13.5 Å². The number of nitrogens with zero attached hydrogens (tertiary/aromatic N) is 1. The molecule has 1 atom stereocenters. The van der Waals surface area contributed by atoms with Crippen LogP contribution >= 0.6 is 36.4 Å². The highest BCUT2D eigenvalue weighted by molar-refractivity contribution is 6.30. The van der Waals surface area contributed by atoms with Crippen molar-refractivity contribution in [2.45, 2.75) is 12.5 Å². The summed E-state index contributed by atoms with van der Waals surface area (Å²) in [6.07, 6.45) is -2.48. The lowest BCUT2D eigenvalue weighted by atomic mass is 10.0. The monoisotopic (exact) mass is 362 g/mol. The SMILES string of the molecule is COc1ccc(Cl)cc1[C@@H](C(F)F)N1CCNCC1.Cl.Cl. The van der Waals surface area contributed by atoms with E-state index in [9.17, 15) is 8.78 Å². The van der Waals surface area contributed by atoms with Crippen molar-refractivity contribution in [1.29, 1.82) is 0 Å². The molecule has 1 aromatic carbocycles. The molecule has 0 unspecified atom stereocenters. The van der Waals surface area contributed by atoms with Crippen LogP contribution < -0.4 is 10.1 Å². The number of nitrogens with one attached hydrogen (secondary N) is 1. The Balaban J connectivity index is 0.00000200. The molecule has 3 nitrogen and oxygen atoms in total. The topological polar surface area (TPSA) is 24.5 Å². The molecule has 1 aliphatic heterocycles. The number of piperazine rings is 1. The minimum atomic E-state index is -2.48. The van der Waals surface area contributed by atoms with Crippen LogP contribution in [0.1, 0.15) is 11.6 Å². The first-order chi connectivity index (χ1) is 9.13. The van der Waals surface area contributed by atoms with Gasteiger partial charge in [-0.1, -0.05) is 11.6 Å². The van der Waals surface area contributed by atoms with Crippen molar-refractivity contribution >= 4 is 36.4 Å². The maximum Gasteiger partial charge on any atom is 0.258 e. The number of halogens is 5. The lowest BCUT2D eigenvalue weighted by Gasteiger charge is -2.35. The molecule has 0 aliphatic carbocycles. The van der Waals surface area contributed by atoms with E-state index < -0.39 is 12.5 Å². The molecule has 0 radical (unpaired) electrons. The molecule has 0 amide bonds. The van der Waals surface area contributed by atoms with Gasteiger partial charge in [-0.25, -0.2) is 8.78 Å². The Hall–Kier alpha value is -0.330. The Bertz CT molecular complexity index is 432. The molecule has 1 aromatic rings. The summed E-state index contributed by atoms with van der Waals surface area (Å²) in [5, 5.41) is 3.60. The lowest BCUT2D eigenvalue weighted by Crippen LogP contribution is -2.47. The molecule has 0 bridgehead atoms. The number of rotatable bonds is 4. The number of hydrogen-bond acceptors (Lipinski definition) is 3. The quantitative estimate of drug-likeness (QED) is 0.887. The summed E-state index contributed by atoms with van der Waals surface area (Å²) in [6.45, 7) is 2.60. The normalized spacial score (nSPS) is 16.8. The Labute approximate surface area is 140 Å². The summed E-state index contributed by atoms with van der Waals surface area (Å²) in [6, 6.07) is 3.87. The van der Waals surface area contributed by atoms with Crippen LogP contribution in [0.3, 0.4) is 0 Å². The Morgan fingerprint density at radius 3 is 2.38 bits per heavy atom. The fourth-order valence-corrected chi connectivity index (χ4v) is 2.57. The van der Waals surface area contributed by atoms with E-state index in [-0.39, 0.29) is 24.8 Å². The summed E-state index contributed by atoms with van der Waals surface area (Å²) < 4.78 is 32.1. The Morgan fingerprint density at radius 2 is 1.86 bits per heavy atom. The molecule has 2 rings (SSSR count). The van der Waals surface area contributed by atoms with E-state index >= 15 is 0 Å². The minimum absolute atomic E-state index is 0. The zero-order valence-electron chi connectivity index (χ0n) is 11.5. The van der Waals surface area contributed by atoms with E-state index in [1.54, 1.807) is 23.1 Å². The zero-order valence-corrected chi connectivity index (χ0v) is 13.9. The molecular weight excluding hydrogens is 345 g/mol. The molecule has 1 N–H and O–H groups in total. The van der Waals surface area contributed by atoms with Gasteiger partial charge in [-0.15, -0.1) is 24.8 Å². The van der Waals surface area contributed by atoms with Crippen LogP contribution in [0.4, 0.5) is 8.78 Å². The van der Waals surface area contributed by atoms with Gasteiger partial charge in [0.2, 0.25) is 0 Å². The Kier molecular flexibility index (Phi) is 9.49. The van der Waals surface area contributed by atoms with Crippen LogP contribution in [0.15, 0.2) is 18.2 Å². The van der Waals surface area contributed by atoms with Crippen LogP contribution in [-0.2, 0) is 0 Å². The number of hydrogen-bond donors (Lipinski definition) is 1. The third-order valence-corrected chi connectivity index (χ3v) is 3.53. The predicted molar refractivity (Wildman–Crippen MR) is 85.7 cm³/mol. The molecule has 1 heterocycles. The largest absolute Gasteiger partial charge is 0.496 e. The van der Waals surface area contributed by atoms with Gasteiger partial charge in [0.15, 0.2) is 0 Å². The fraction of sp³-hybridized carbons (Fsp3) is 0.538. The summed E-state index contributed by atoms with van der Waals surface area (Å²) in [7, 11) is 1.48. The van der Waals surface area contributed by atoms with E-state index in [4.69, 9.17) is 16.3 Å². The number of methoxy groups -OCH3 is 1. The highest BCUT2D eigenvalue weighted by Crippen LogP contribution is 2.35. The molecule has 0 saturated carbocycles. The first kappa shape index (κ1) is 20.7. The molecule has 122 valence electrons. The third-order valence-electron chi connectivity index (χ3n) is 3.29. The summed E-state index contributed by atoms with van der Waals surface area (Å²) in [4.78, 5) is 1.77. The van der Waals surface area contributed by atoms with Gasteiger partial charge in [0.25, 0.3) is 6.43 Å². The second-order valence-corrected chi connectivity index (χ2v) is 4.89. The van der Waals surface area contributed by atoms with Gasteiger partial charge in [0.1, 0.15) is 11.8 Å². The minimum Gasteiger partial charge on any atom is -0.496 e. The van der Waals surface area contributed by atoms with Crippen molar-refractivity contribution in [3.8, 4) is 5.75 Å². The van der Waals surface area contributed by atoms with Crippen LogP contribution in [-0.4, -0.2) is 44.6 Å². The van der Waals surface area contributed by atoms with Crippen LogP contribution in [0.25, 0.3) is 0 Å². The summed E-state index contributed by atoms with van der Waals surface area (Å²) in [5.74, 6) is 0.452. The second-order valence-electron chi connectivity index (χ2n) is 4.45. The van der Waals surface area contributed by atoms with E-state index in [0.29, 0.717) is 42.5 Å². The highest BCUT2D eigenvalue weighted by atomic mass is 35.5. The lowest BCUT2D eigenvalue weighted by molar-refractivity contribution is 0.0170. The van der Waals surface area contributed by atoms with Gasteiger partial charge in [-0.3, -0.25) is 4.90 Å². The van der Waals surface area contributed by atoms with Gasteiger partial charge in [-0.05, 0) is 18.2 Å². The maximum atomic E-state index is 13.5. The highest BCUT2D eigenvalue weighted by Gasteiger charge is 2.32. The average molecular weight is 364 g/mol. The number of benzene rings is 1. The second kappa shape index (κ2) is 9.64. The molecule has 1 fully saturated rings. The summed E-state index contributed by atoms with van der Waals surface area (Å²) in [5.41, 5.74) is 0.451. The van der Waals surface area contributed by atoms with E-state index in [1.807, 2.05) is 0 Å². The van der Waals surface area contributed by atoms with Gasteiger partial charge >= 0.3 is 0 Å². The standard InChI is InChI=1S/C13H17ClF2N2O.2ClH/c1-19-11-3-2-9(14)8-10(11)12(13(15)16)18-6-4-17-5-7-18;;/h2-3,8,12-13,17H,4-7H2,1H3;2*1H/t12-;;/m0../s1. The summed E-state index contributed by atoms with van der Waals surface area (Å²) >= 11 is 5.93. The molecule has 1 saturated heterocycles. The van der Waals surface area contributed by atoms with Crippen LogP contribution in [0, 0.1) is 0 Å². The average Bonchev–Trinajstić information content (AvgIpc) is 2.40. The first-order valence-corrected chi connectivity index (χ1v) is 6.57. The van der Waals surface area contributed by atoms with Crippen molar-refractivity contribution in [3.63, 3.8) is 0 Å².